The van der Waals surface area contributed by atoms with Gasteiger partial charge in [0.2, 0.25) is 0 Å². The molecule has 3 aromatic rings. The number of carbonyl (C=O) groups excluding carboxylic acids is 1. The van der Waals surface area contributed by atoms with Crippen molar-refractivity contribution in [1.82, 2.24) is 4.90 Å². The lowest BCUT2D eigenvalue weighted by Gasteiger charge is -2.43. The van der Waals surface area contributed by atoms with E-state index in [-0.39, 0.29) is 24.1 Å². The third-order valence-corrected chi connectivity index (χ3v) is 8.60. The first-order valence-corrected chi connectivity index (χ1v) is 13.4. The summed E-state index contributed by atoms with van der Waals surface area (Å²) in [4.78, 5) is 15.3. The summed E-state index contributed by atoms with van der Waals surface area (Å²) in [7, 11) is 0. The van der Waals surface area contributed by atoms with Crippen molar-refractivity contribution < 1.29 is 24.1 Å². The molecule has 190 valence electrons. The Morgan fingerprint density at radius 2 is 1.51 bits per heavy atom. The molecule has 0 radical (unpaired) electrons. The Hall–Kier alpha value is -3.51. The molecule has 4 aliphatic rings. The predicted molar refractivity (Wildman–Crippen MR) is 139 cm³/mol. The van der Waals surface area contributed by atoms with Gasteiger partial charge < -0.3 is 24.2 Å². The highest BCUT2D eigenvalue weighted by molar-refractivity contribution is 5.79. The van der Waals surface area contributed by atoms with Crippen LogP contribution in [0.1, 0.15) is 54.7 Å². The van der Waals surface area contributed by atoms with E-state index in [1.807, 2.05) is 35.2 Å². The second kappa shape index (κ2) is 8.80. The van der Waals surface area contributed by atoms with Gasteiger partial charge in [-0.05, 0) is 52.8 Å². The molecule has 7 rings (SSSR count). The van der Waals surface area contributed by atoms with Crippen molar-refractivity contribution in [2.75, 3.05) is 19.8 Å². The fourth-order valence-corrected chi connectivity index (χ4v) is 6.88. The molecule has 6 heteroatoms. The second-order valence-electron chi connectivity index (χ2n) is 10.7. The number of benzene rings is 3. The Bertz CT molecular complexity index is 1290. The molecule has 37 heavy (non-hydrogen) atoms. The van der Waals surface area contributed by atoms with Gasteiger partial charge in [-0.25, -0.2) is 4.79 Å². The molecule has 2 bridgehead atoms. The number of rotatable bonds is 3. The molecule has 6 nitrogen and oxygen atoms in total. The lowest BCUT2D eigenvalue weighted by Crippen LogP contribution is -2.52. The van der Waals surface area contributed by atoms with E-state index in [0.717, 1.165) is 30.6 Å². The van der Waals surface area contributed by atoms with Gasteiger partial charge in [0, 0.05) is 37.3 Å². The Labute approximate surface area is 216 Å². The normalized spacial score (nSPS) is 25.8. The van der Waals surface area contributed by atoms with Gasteiger partial charge in [-0.3, -0.25) is 0 Å². The minimum atomic E-state index is -1.00. The van der Waals surface area contributed by atoms with Crippen molar-refractivity contribution in [3.63, 3.8) is 0 Å². The third kappa shape index (κ3) is 3.77. The van der Waals surface area contributed by atoms with Crippen molar-refractivity contribution >= 4 is 6.09 Å². The van der Waals surface area contributed by atoms with E-state index in [9.17, 15) is 9.90 Å². The fourth-order valence-electron chi connectivity index (χ4n) is 6.88. The summed E-state index contributed by atoms with van der Waals surface area (Å²) in [6.45, 7) is 1.56. The monoisotopic (exact) mass is 497 g/mol. The van der Waals surface area contributed by atoms with Crippen LogP contribution in [0.2, 0.25) is 0 Å². The van der Waals surface area contributed by atoms with Gasteiger partial charge in [0.15, 0.2) is 11.5 Å². The van der Waals surface area contributed by atoms with Gasteiger partial charge >= 0.3 is 6.09 Å². The number of aliphatic hydroxyl groups is 1. The molecule has 2 atom stereocenters. The average Bonchev–Trinajstić information content (AvgIpc) is 3.26. The topological polar surface area (TPSA) is 68.2 Å². The molecule has 1 aliphatic carbocycles. The average molecular weight is 498 g/mol. The van der Waals surface area contributed by atoms with Gasteiger partial charge in [-0.15, -0.1) is 0 Å². The summed E-state index contributed by atoms with van der Waals surface area (Å²) in [5.41, 5.74) is 4.69. The Balaban J connectivity index is 1.07. The number of piperidine rings is 1. The van der Waals surface area contributed by atoms with Crippen molar-refractivity contribution in [2.45, 2.75) is 55.7 Å². The first-order chi connectivity index (χ1) is 18.1. The summed E-state index contributed by atoms with van der Waals surface area (Å²) >= 11 is 0. The van der Waals surface area contributed by atoms with E-state index in [1.165, 1.54) is 22.3 Å². The van der Waals surface area contributed by atoms with E-state index in [2.05, 4.69) is 36.4 Å². The van der Waals surface area contributed by atoms with Gasteiger partial charge in [0.1, 0.15) is 6.61 Å². The zero-order valence-electron chi connectivity index (χ0n) is 20.8. The number of ether oxygens (including phenoxy) is 3. The number of hydrogen-bond acceptors (Lipinski definition) is 5. The van der Waals surface area contributed by atoms with Crippen LogP contribution in [-0.2, 0) is 10.3 Å². The summed E-state index contributed by atoms with van der Waals surface area (Å²) in [6.07, 6.45) is 3.31. The van der Waals surface area contributed by atoms with Crippen molar-refractivity contribution in [3.8, 4) is 22.6 Å². The molecule has 3 aliphatic heterocycles. The molecule has 1 amide bonds. The first-order valence-electron chi connectivity index (χ1n) is 13.4. The first kappa shape index (κ1) is 22.7. The van der Waals surface area contributed by atoms with Crippen LogP contribution >= 0.6 is 0 Å². The fraction of sp³-hybridized carbons (Fsp3) is 0.387. The minimum absolute atomic E-state index is 0.0394. The molecular formula is C31H31NO5. The number of fused-ring (bicyclic) bond motifs is 6. The van der Waals surface area contributed by atoms with E-state index in [4.69, 9.17) is 14.2 Å². The smallest absolute Gasteiger partial charge is 0.410 e. The lowest BCUT2D eigenvalue weighted by atomic mass is 9.80. The summed E-state index contributed by atoms with van der Waals surface area (Å²) < 4.78 is 17.6. The maximum absolute atomic E-state index is 13.4. The molecule has 3 heterocycles. The van der Waals surface area contributed by atoms with Crippen molar-refractivity contribution in [3.05, 3.63) is 83.4 Å². The molecular weight excluding hydrogens is 466 g/mol. The maximum atomic E-state index is 13.4. The highest BCUT2D eigenvalue weighted by Crippen LogP contribution is 2.48. The van der Waals surface area contributed by atoms with E-state index < -0.39 is 5.60 Å². The zero-order valence-corrected chi connectivity index (χ0v) is 20.8. The largest absolute Gasteiger partial charge is 0.490 e. The lowest BCUT2D eigenvalue weighted by molar-refractivity contribution is -0.0532. The molecule has 0 aromatic heterocycles. The second-order valence-corrected chi connectivity index (χ2v) is 10.7. The van der Waals surface area contributed by atoms with Crippen LogP contribution < -0.4 is 9.47 Å². The summed E-state index contributed by atoms with van der Waals surface area (Å²) in [5, 5.41) is 11.7. The maximum Gasteiger partial charge on any atom is 0.410 e. The number of hydrogen-bond donors (Lipinski definition) is 1. The van der Waals surface area contributed by atoms with Gasteiger partial charge in [0.05, 0.1) is 18.8 Å². The highest BCUT2D eigenvalue weighted by atomic mass is 16.6. The minimum Gasteiger partial charge on any atom is -0.490 e. The van der Waals surface area contributed by atoms with Crippen molar-refractivity contribution in [1.29, 1.82) is 0 Å². The molecule has 0 saturated carbocycles. The van der Waals surface area contributed by atoms with Crippen LogP contribution in [0.4, 0.5) is 4.79 Å². The summed E-state index contributed by atoms with van der Waals surface area (Å²) in [6, 6.07) is 22.4. The zero-order chi connectivity index (χ0) is 25.0. The number of amides is 1. The number of nitrogens with zero attached hydrogens (tertiary/aromatic N) is 1. The standard InChI is InChI=1S/C31H31NO5/c33-30(37-19-27-25-8-3-1-6-23(25)24-7-2-4-9-26(24)27)32-21-11-12-22(32)18-31(34,17-21)20-10-13-28-29(16-20)36-15-5-14-35-28/h1-4,6-10,13,16,21-22,27,34H,5,11-12,14-15,17-19H2. The number of carbonyl (C=O) groups is 1. The Kier molecular flexibility index (Phi) is 5.39. The van der Waals surface area contributed by atoms with Gasteiger partial charge in [-0.1, -0.05) is 54.6 Å². The Morgan fingerprint density at radius 3 is 2.19 bits per heavy atom. The van der Waals surface area contributed by atoms with E-state index in [0.29, 0.717) is 38.4 Å². The van der Waals surface area contributed by atoms with Gasteiger partial charge in [0.25, 0.3) is 0 Å². The SMILES string of the molecule is O=C(OCC1c2ccccc2-c2ccccc21)N1C2CCC1CC(O)(c1ccc3c(c1)OCCCO3)C2. The molecule has 2 unspecified atom stereocenters. The Morgan fingerprint density at radius 1 is 0.892 bits per heavy atom. The van der Waals surface area contributed by atoms with Crippen molar-refractivity contribution in [2.24, 2.45) is 0 Å². The van der Waals surface area contributed by atoms with E-state index >= 15 is 0 Å². The molecule has 3 aromatic carbocycles. The van der Waals surface area contributed by atoms with Crippen LogP contribution in [0.25, 0.3) is 11.1 Å². The van der Waals surface area contributed by atoms with Gasteiger partial charge in [-0.2, -0.15) is 0 Å². The van der Waals surface area contributed by atoms with E-state index in [1.54, 1.807) is 0 Å². The molecule has 2 fully saturated rings. The molecule has 2 saturated heterocycles. The summed E-state index contributed by atoms with van der Waals surface area (Å²) in [5.74, 6) is 1.45. The van der Waals surface area contributed by atoms with Crippen LogP contribution in [0.5, 0.6) is 11.5 Å². The molecule has 1 N–H and O–H groups in total. The van der Waals surface area contributed by atoms with Crippen LogP contribution in [0, 0.1) is 0 Å². The van der Waals surface area contributed by atoms with Crippen LogP contribution in [0.15, 0.2) is 66.7 Å². The highest BCUT2D eigenvalue weighted by Gasteiger charge is 2.51. The van der Waals surface area contributed by atoms with Crippen LogP contribution in [-0.4, -0.2) is 48.0 Å². The third-order valence-electron chi connectivity index (χ3n) is 8.60. The molecule has 0 spiro atoms. The predicted octanol–water partition coefficient (Wildman–Crippen LogP) is 5.61. The quantitative estimate of drug-likeness (QED) is 0.509. The van der Waals surface area contributed by atoms with Crippen LogP contribution in [0.3, 0.4) is 0 Å².